The summed E-state index contributed by atoms with van der Waals surface area (Å²) in [7, 11) is 4.21. The third kappa shape index (κ3) is 38.9. The highest BCUT2D eigenvalue weighted by Crippen LogP contribution is 2.15. The van der Waals surface area contributed by atoms with Crippen molar-refractivity contribution in [3.63, 3.8) is 0 Å². The molecule has 0 spiro atoms. The van der Waals surface area contributed by atoms with Gasteiger partial charge in [-0.15, -0.1) is 0 Å². The molecule has 1 atom stereocenters. The Balaban J connectivity index is 3.88. The predicted octanol–water partition coefficient (Wildman–Crippen LogP) is 13.0. The van der Waals surface area contributed by atoms with Crippen molar-refractivity contribution in [1.29, 1.82) is 0 Å². The number of hydrogen-bond acceptors (Lipinski definition) is 3. The van der Waals surface area contributed by atoms with Gasteiger partial charge in [0.1, 0.15) is 0 Å². The van der Waals surface area contributed by atoms with Gasteiger partial charge in [-0.2, -0.15) is 0 Å². The Morgan fingerprint density at radius 1 is 0.444 bits per heavy atom. The minimum absolute atomic E-state index is 0.361. The molecule has 0 rings (SSSR count). The molecule has 0 saturated carbocycles. The highest BCUT2D eigenvalue weighted by atomic mass is 16.5. The number of hydrogen-bond donors (Lipinski definition) is 0. The van der Waals surface area contributed by atoms with Crippen molar-refractivity contribution >= 4 is 0 Å². The quantitative estimate of drug-likeness (QED) is 0.0508. The normalized spacial score (nSPS) is 13.2. The second-order valence-electron chi connectivity index (χ2n) is 13.3. The standard InChI is InChI=1S/C42H79NO2/c1-5-7-9-11-13-15-17-19-21-23-25-27-29-31-33-35-39-45-42(37-40-44-41-38-43(3)4)36-34-32-30-28-26-24-22-20-18-16-14-12-10-8-6-2/h13-16,19-22,42H,5-12,17-18,23-41H2,1-4H3. The van der Waals surface area contributed by atoms with Crippen molar-refractivity contribution in [3.8, 4) is 0 Å². The summed E-state index contributed by atoms with van der Waals surface area (Å²) in [6, 6.07) is 0. The van der Waals surface area contributed by atoms with Crippen LogP contribution in [0.4, 0.5) is 0 Å². The summed E-state index contributed by atoms with van der Waals surface area (Å²) in [5.41, 5.74) is 0. The van der Waals surface area contributed by atoms with Gasteiger partial charge in [0.15, 0.2) is 0 Å². The third-order valence-electron chi connectivity index (χ3n) is 8.44. The topological polar surface area (TPSA) is 21.7 Å². The lowest BCUT2D eigenvalue weighted by Gasteiger charge is -2.18. The molecule has 3 nitrogen and oxygen atoms in total. The molecule has 0 aliphatic carbocycles. The van der Waals surface area contributed by atoms with Crippen molar-refractivity contribution in [2.24, 2.45) is 0 Å². The fourth-order valence-corrected chi connectivity index (χ4v) is 5.40. The molecule has 264 valence electrons. The van der Waals surface area contributed by atoms with E-state index in [0.29, 0.717) is 6.10 Å². The molecule has 45 heavy (non-hydrogen) atoms. The Morgan fingerprint density at radius 3 is 1.38 bits per heavy atom. The maximum atomic E-state index is 6.39. The van der Waals surface area contributed by atoms with Crippen LogP contribution in [-0.4, -0.2) is 51.5 Å². The predicted molar refractivity (Wildman–Crippen MR) is 202 cm³/mol. The van der Waals surface area contributed by atoms with Crippen molar-refractivity contribution in [2.45, 2.75) is 180 Å². The summed E-state index contributed by atoms with van der Waals surface area (Å²) in [6.07, 6.45) is 51.1. The summed E-state index contributed by atoms with van der Waals surface area (Å²) in [5.74, 6) is 0. The van der Waals surface area contributed by atoms with Crippen LogP contribution in [0.15, 0.2) is 48.6 Å². The van der Waals surface area contributed by atoms with E-state index in [-0.39, 0.29) is 0 Å². The molecule has 0 amide bonds. The average molecular weight is 630 g/mol. The van der Waals surface area contributed by atoms with Gasteiger partial charge >= 0.3 is 0 Å². The zero-order valence-electron chi connectivity index (χ0n) is 31.0. The smallest absolute Gasteiger partial charge is 0.0597 e. The van der Waals surface area contributed by atoms with Gasteiger partial charge in [-0.3, -0.25) is 0 Å². The Kier molecular flexibility index (Phi) is 38.0. The van der Waals surface area contributed by atoms with Crippen molar-refractivity contribution < 1.29 is 9.47 Å². The highest BCUT2D eigenvalue weighted by Gasteiger charge is 2.09. The Bertz CT molecular complexity index is 666. The van der Waals surface area contributed by atoms with E-state index in [9.17, 15) is 0 Å². The van der Waals surface area contributed by atoms with E-state index in [1.165, 1.54) is 141 Å². The fraction of sp³-hybridized carbons (Fsp3) is 0.810. The molecule has 0 N–H and O–H groups in total. The minimum atomic E-state index is 0.361. The molecule has 0 aliphatic heterocycles. The van der Waals surface area contributed by atoms with Gasteiger partial charge in [0.25, 0.3) is 0 Å². The van der Waals surface area contributed by atoms with Gasteiger partial charge in [-0.25, -0.2) is 0 Å². The molecule has 0 fully saturated rings. The number of ether oxygens (including phenoxy) is 2. The minimum Gasteiger partial charge on any atom is -0.380 e. The first kappa shape index (κ1) is 43.8. The Labute approximate surface area is 283 Å². The molecular weight excluding hydrogens is 550 g/mol. The van der Waals surface area contributed by atoms with Gasteiger partial charge in [0.05, 0.1) is 12.7 Å². The van der Waals surface area contributed by atoms with Crippen LogP contribution in [0.2, 0.25) is 0 Å². The van der Waals surface area contributed by atoms with Crippen molar-refractivity contribution in [1.82, 2.24) is 4.90 Å². The second kappa shape index (κ2) is 39.0. The fourth-order valence-electron chi connectivity index (χ4n) is 5.40. The molecule has 0 aromatic heterocycles. The van der Waals surface area contributed by atoms with Gasteiger partial charge in [-0.05, 0) is 97.6 Å². The van der Waals surface area contributed by atoms with Gasteiger partial charge in [0.2, 0.25) is 0 Å². The molecule has 0 aliphatic rings. The average Bonchev–Trinajstić information content (AvgIpc) is 3.03. The molecular formula is C42H79NO2. The molecule has 0 radical (unpaired) electrons. The molecule has 3 heteroatoms. The molecule has 0 saturated heterocycles. The largest absolute Gasteiger partial charge is 0.380 e. The summed E-state index contributed by atoms with van der Waals surface area (Å²) in [5, 5.41) is 0. The van der Waals surface area contributed by atoms with Crippen LogP contribution < -0.4 is 0 Å². The lowest BCUT2D eigenvalue weighted by molar-refractivity contribution is 0.0120. The van der Waals surface area contributed by atoms with Crippen molar-refractivity contribution in [3.05, 3.63) is 48.6 Å². The number of allylic oxidation sites excluding steroid dienone is 8. The second-order valence-corrected chi connectivity index (χ2v) is 13.3. The van der Waals surface area contributed by atoms with Crippen LogP contribution in [0.3, 0.4) is 0 Å². The molecule has 0 aromatic carbocycles. The zero-order valence-corrected chi connectivity index (χ0v) is 31.0. The number of unbranched alkanes of at least 4 members (excludes halogenated alkanes) is 17. The van der Waals surface area contributed by atoms with E-state index in [2.05, 4.69) is 81.5 Å². The lowest BCUT2D eigenvalue weighted by atomic mass is 10.0. The number of likely N-dealkylation sites (N-methyl/N-ethyl adjacent to an activating group) is 1. The lowest BCUT2D eigenvalue weighted by Crippen LogP contribution is -2.21. The Morgan fingerprint density at radius 2 is 0.889 bits per heavy atom. The SMILES string of the molecule is CCCCCC=CCC=CCCCCCCCCOC(CCCCCCCC=CCC=CCCCCC)CCOCCN(C)C. The number of rotatable bonds is 36. The van der Waals surface area contributed by atoms with Gasteiger partial charge in [0, 0.05) is 19.8 Å². The van der Waals surface area contributed by atoms with E-state index < -0.39 is 0 Å². The maximum absolute atomic E-state index is 6.39. The van der Waals surface area contributed by atoms with Crippen LogP contribution in [0.1, 0.15) is 174 Å². The van der Waals surface area contributed by atoms with Crippen molar-refractivity contribution in [2.75, 3.05) is 40.5 Å². The van der Waals surface area contributed by atoms with Crippen LogP contribution in [0.25, 0.3) is 0 Å². The van der Waals surface area contributed by atoms with E-state index in [4.69, 9.17) is 9.47 Å². The zero-order chi connectivity index (χ0) is 32.7. The summed E-state index contributed by atoms with van der Waals surface area (Å²) in [4.78, 5) is 2.18. The molecule has 0 heterocycles. The molecule has 0 aromatic rings. The van der Waals surface area contributed by atoms with Crippen LogP contribution >= 0.6 is 0 Å². The monoisotopic (exact) mass is 630 g/mol. The van der Waals surface area contributed by atoms with Crippen LogP contribution in [-0.2, 0) is 9.47 Å². The van der Waals surface area contributed by atoms with E-state index in [0.717, 1.165) is 45.6 Å². The summed E-state index contributed by atoms with van der Waals surface area (Å²) in [6.45, 7) is 8.07. The first-order chi connectivity index (χ1) is 22.2. The summed E-state index contributed by atoms with van der Waals surface area (Å²) >= 11 is 0. The van der Waals surface area contributed by atoms with Gasteiger partial charge < -0.3 is 14.4 Å². The number of nitrogens with zero attached hydrogens (tertiary/aromatic N) is 1. The first-order valence-electron chi connectivity index (χ1n) is 19.6. The Hall–Kier alpha value is -1.16. The highest BCUT2D eigenvalue weighted by molar-refractivity contribution is 4.93. The molecule has 1 unspecified atom stereocenters. The van der Waals surface area contributed by atoms with Crippen LogP contribution in [0.5, 0.6) is 0 Å². The summed E-state index contributed by atoms with van der Waals surface area (Å²) < 4.78 is 12.3. The maximum Gasteiger partial charge on any atom is 0.0597 e. The van der Waals surface area contributed by atoms with E-state index in [1.807, 2.05) is 0 Å². The molecule has 0 bridgehead atoms. The third-order valence-corrected chi connectivity index (χ3v) is 8.44. The van der Waals surface area contributed by atoms with Gasteiger partial charge in [-0.1, -0.05) is 140 Å². The first-order valence-corrected chi connectivity index (χ1v) is 19.6. The van der Waals surface area contributed by atoms with E-state index >= 15 is 0 Å². The van der Waals surface area contributed by atoms with E-state index in [1.54, 1.807) is 0 Å². The van der Waals surface area contributed by atoms with Crippen LogP contribution in [0, 0.1) is 0 Å².